The van der Waals surface area contributed by atoms with Crippen molar-refractivity contribution < 1.29 is 13.2 Å². The first-order valence-corrected chi connectivity index (χ1v) is 10.6. The molecule has 26 heavy (non-hydrogen) atoms. The molecular formula is C17H18N4O3S2. The van der Waals surface area contributed by atoms with Crippen LogP contribution in [0.3, 0.4) is 0 Å². The van der Waals surface area contributed by atoms with Crippen molar-refractivity contribution in [3.63, 3.8) is 0 Å². The van der Waals surface area contributed by atoms with Crippen LogP contribution in [-0.4, -0.2) is 40.6 Å². The minimum Gasteiger partial charge on any atom is -0.349 e. The number of amides is 1. The van der Waals surface area contributed by atoms with Gasteiger partial charge in [0.2, 0.25) is 15.9 Å². The van der Waals surface area contributed by atoms with E-state index in [1.807, 2.05) is 22.2 Å². The molecule has 0 bridgehead atoms. The average molecular weight is 390 g/mol. The van der Waals surface area contributed by atoms with E-state index in [2.05, 4.69) is 10.3 Å². The van der Waals surface area contributed by atoms with Crippen LogP contribution in [0, 0.1) is 0 Å². The molecule has 2 aromatic heterocycles. The van der Waals surface area contributed by atoms with Gasteiger partial charge in [-0.3, -0.25) is 9.20 Å². The lowest BCUT2D eigenvalue weighted by molar-refractivity contribution is -0.124. The Morgan fingerprint density at radius 2 is 2.12 bits per heavy atom. The number of hydrogen-bond acceptors (Lipinski definition) is 5. The molecule has 1 fully saturated rings. The second-order valence-electron chi connectivity index (χ2n) is 6.13. The van der Waals surface area contributed by atoms with E-state index in [1.165, 1.54) is 15.6 Å². The fourth-order valence-electron chi connectivity index (χ4n) is 3.17. The Kier molecular flexibility index (Phi) is 4.51. The molecular weight excluding hydrogens is 372 g/mol. The summed E-state index contributed by atoms with van der Waals surface area (Å²) in [5, 5.41) is 4.77. The lowest BCUT2D eigenvalue weighted by Crippen LogP contribution is -2.45. The highest BCUT2D eigenvalue weighted by Crippen LogP contribution is 2.26. The number of benzene rings is 1. The number of carbonyl (C=O) groups is 1. The molecule has 1 N–H and O–H groups in total. The number of rotatable bonds is 5. The highest BCUT2D eigenvalue weighted by Gasteiger charge is 2.39. The maximum atomic E-state index is 12.8. The maximum absolute atomic E-state index is 12.8. The fraction of sp³-hybridized carbons (Fsp3) is 0.294. The fourth-order valence-corrected chi connectivity index (χ4v) is 5.57. The van der Waals surface area contributed by atoms with E-state index in [0.717, 1.165) is 10.7 Å². The normalized spacial score (nSPS) is 18.4. The van der Waals surface area contributed by atoms with Gasteiger partial charge >= 0.3 is 0 Å². The zero-order valence-electron chi connectivity index (χ0n) is 13.9. The van der Waals surface area contributed by atoms with Crippen molar-refractivity contribution in [2.75, 3.05) is 6.54 Å². The summed E-state index contributed by atoms with van der Waals surface area (Å²) in [6, 6.07) is 7.57. The predicted molar refractivity (Wildman–Crippen MR) is 98.3 cm³/mol. The van der Waals surface area contributed by atoms with Crippen molar-refractivity contribution in [2.24, 2.45) is 0 Å². The second-order valence-corrected chi connectivity index (χ2v) is 8.89. The largest absolute Gasteiger partial charge is 0.349 e. The van der Waals surface area contributed by atoms with E-state index in [0.29, 0.717) is 19.4 Å². The molecule has 3 heterocycles. The van der Waals surface area contributed by atoms with Gasteiger partial charge in [-0.1, -0.05) is 18.2 Å². The molecule has 1 aliphatic heterocycles. The van der Waals surface area contributed by atoms with Crippen molar-refractivity contribution >= 4 is 32.2 Å². The van der Waals surface area contributed by atoms with Gasteiger partial charge in [-0.2, -0.15) is 4.31 Å². The van der Waals surface area contributed by atoms with Crippen LogP contribution < -0.4 is 5.32 Å². The number of sulfonamides is 1. The summed E-state index contributed by atoms with van der Waals surface area (Å²) in [4.78, 5) is 18.1. The van der Waals surface area contributed by atoms with E-state index >= 15 is 0 Å². The third-order valence-corrected chi connectivity index (χ3v) is 7.14. The number of fused-ring (bicyclic) bond motifs is 1. The van der Waals surface area contributed by atoms with Crippen LogP contribution in [0.4, 0.5) is 0 Å². The summed E-state index contributed by atoms with van der Waals surface area (Å²) >= 11 is 1.52. The van der Waals surface area contributed by atoms with E-state index in [-0.39, 0.29) is 17.3 Å². The Balaban J connectivity index is 1.47. The first kappa shape index (κ1) is 17.2. The third kappa shape index (κ3) is 3.13. The molecule has 4 rings (SSSR count). The third-order valence-electron chi connectivity index (χ3n) is 4.44. The highest BCUT2D eigenvalue weighted by molar-refractivity contribution is 7.89. The molecule has 0 saturated carbocycles. The molecule has 1 amide bonds. The summed E-state index contributed by atoms with van der Waals surface area (Å²) in [6.07, 6.45) is 4.96. The molecule has 9 heteroatoms. The van der Waals surface area contributed by atoms with Crippen LogP contribution in [0.25, 0.3) is 4.96 Å². The van der Waals surface area contributed by atoms with E-state index in [4.69, 9.17) is 0 Å². The summed E-state index contributed by atoms with van der Waals surface area (Å²) in [6.45, 7) is 0.637. The van der Waals surface area contributed by atoms with Crippen molar-refractivity contribution in [3.05, 3.63) is 53.8 Å². The van der Waals surface area contributed by atoms with Gasteiger partial charge in [0, 0.05) is 24.3 Å². The van der Waals surface area contributed by atoms with Crippen molar-refractivity contribution in [1.82, 2.24) is 19.0 Å². The Morgan fingerprint density at radius 3 is 2.88 bits per heavy atom. The molecule has 3 aromatic rings. The van der Waals surface area contributed by atoms with Gasteiger partial charge in [-0.05, 0) is 25.0 Å². The first-order chi connectivity index (χ1) is 12.6. The van der Waals surface area contributed by atoms with Gasteiger partial charge in [0.1, 0.15) is 6.04 Å². The van der Waals surface area contributed by atoms with Gasteiger partial charge < -0.3 is 5.32 Å². The molecule has 136 valence electrons. The second kappa shape index (κ2) is 6.82. The molecule has 1 unspecified atom stereocenters. The molecule has 7 nitrogen and oxygen atoms in total. The molecule has 0 aliphatic carbocycles. The number of aromatic nitrogens is 2. The van der Waals surface area contributed by atoms with Crippen LogP contribution in [0.1, 0.15) is 18.5 Å². The lowest BCUT2D eigenvalue weighted by Gasteiger charge is -2.23. The highest BCUT2D eigenvalue weighted by atomic mass is 32.2. The Labute approximate surface area is 155 Å². The molecule has 1 saturated heterocycles. The van der Waals surface area contributed by atoms with Crippen molar-refractivity contribution in [2.45, 2.75) is 30.3 Å². The van der Waals surface area contributed by atoms with Crippen molar-refractivity contribution in [1.29, 1.82) is 0 Å². The van der Waals surface area contributed by atoms with Gasteiger partial charge in [0.05, 0.1) is 17.1 Å². The monoisotopic (exact) mass is 390 g/mol. The summed E-state index contributed by atoms with van der Waals surface area (Å²) in [5.41, 5.74) is 0.751. The topological polar surface area (TPSA) is 83.8 Å². The lowest BCUT2D eigenvalue weighted by atomic mass is 10.2. The molecule has 1 aromatic carbocycles. The van der Waals surface area contributed by atoms with Gasteiger partial charge in [-0.25, -0.2) is 13.4 Å². The maximum Gasteiger partial charge on any atom is 0.243 e. The first-order valence-electron chi connectivity index (χ1n) is 8.31. The zero-order valence-corrected chi connectivity index (χ0v) is 15.5. The van der Waals surface area contributed by atoms with Crippen LogP contribution >= 0.6 is 11.3 Å². The molecule has 0 spiro atoms. The molecule has 1 aliphatic rings. The molecule has 0 radical (unpaired) electrons. The SMILES string of the molecule is O=C(NCc1cn2ccsc2n1)C1CCCN1S(=O)(=O)c1ccccc1. The van der Waals surface area contributed by atoms with E-state index in [1.54, 1.807) is 30.3 Å². The Bertz CT molecular complexity index is 998. The zero-order chi connectivity index (χ0) is 18.1. The van der Waals surface area contributed by atoms with Crippen LogP contribution in [-0.2, 0) is 21.4 Å². The smallest absolute Gasteiger partial charge is 0.243 e. The number of nitrogens with zero attached hydrogens (tertiary/aromatic N) is 3. The Hall–Kier alpha value is -2.23. The minimum atomic E-state index is -3.67. The summed E-state index contributed by atoms with van der Waals surface area (Å²) < 4.78 is 28.9. The number of thiazole rings is 1. The molecule has 1 atom stereocenters. The predicted octanol–water partition coefficient (Wildman–Crippen LogP) is 1.87. The quantitative estimate of drug-likeness (QED) is 0.721. The van der Waals surface area contributed by atoms with E-state index < -0.39 is 16.1 Å². The summed E-state index contributed by atoms with van der Waals surface area (Å²) in [5.74, 6) is -0.279. The number of hydrogen-bond donors (Lipinski definition) is 1. The number of imidazole rings is 1. The summed E-state index contributed by atoms with van der Waals surface area (Å²) in [7, 11) is -3.67. The Morgan fingerprint density at radius 1 is 1.31 bits per heavy atom. The average Bonchev–Trinajstić information content (AvgIpc) is 3.36. The number of nitrogens with one attached hydrogen (secondary N) is 1. The van der Waals surface area contributed by atoms with E-state index in [9.17, 15) is 13.2 Å². The minimum absolute atomic E-state index is 0.217. The van der Waals surface area contributed by atoms with Gasteiger partial charge in [-0.15, -0.1) is 11.3 Å². The van der Waals surface area contributed by atoms with Crippen LogP contribution in [0.5, 0.6) is 0 Å². The van der Waals surface area contributed by atoms with Crippen LogP contribution in [0.15, 0.2) is 53.0 Å². The van der Waals surface area contributed by atoms with Gasteiger partial charge in [0.15, 0.2) is 4.96 Å². The number of carbonyl (C=O) groups excluding carboxylic acids is 1. The van der Waals surface area contributed by atoms with Gasteiger partial charge in [0.25, 0.3) is 0 Å². The standard InChI is InChI=1S/C17H18N4O3S2/c22-16(18-11-13-12-20-9-10-25-17(20)19-13)15-7-4-8-21(15)26(23,24)14-5-2-1-3-6-14/h1-3,5-6,9-10,12,15H,4,7-8,11H2,(H,18,22). The van der Waals surface area contributed by atoms with Crippen molar-refractivity contribution in [3.8, 4) is 0 Å². The van der Waals surface area contributed by atoms with Crippen LogP contribution in [0.2, 0.25) is 0 Å².